The van der Waals surface area contributed by atoms with Gasteiger partial charge in [0.2, 0.25) is 5.95 Å². The monoisotopic (exact) mass is 391 g/mol. The molecule has 142 valence electrons. The van der Waals surface area contributed by atoms with Gasteiger partial charge in [-0.25, -0.2) is 0 Å². The van der Waals surface area contributed by atoms with Crippen molar-refractivity contribution in [2.24, 2.45) is 0 Å². The average Bonchev–Trinajstić information content (AvgIpc) is 3.16. The molecule has 3 aromatic rings. The van der Waals surface area contributed by atoms with Crippen LogP contribution in [0.2, 0.25) is 0 Å². The van der Waals surface area contributed by atoms with Crippen molar-refractivity contribution < 1.29 is 4.74 Å². The Bertz CT molecular complexity index is 960. The first-order chi connectivity index (χ1) is 13.8. The summed E-state index contributed by atoms with van der Waals surface area (Å²) in [5.41, 5.74) is 2.92. The van der Waals surface area contributed by atoms with Crippen LogP contribution in [0.15, 0.2) is 59.8 Å². The fourth-order valence-corrected chi connectivity index (χ4v) is 4.12. The predicted octanol–water partition coefficient (Wildman–Crippen LogP) is 3.33. The molecule has 0 aliphatic carbocycles. The maximum Gasteiger partial charge on any atom is 0.228 e. The number of benzene rings is 2. The Balaban J connectivity index is 1.60. The van der Waals surface area contributed by atoms with E-state index in [1.165, 1.54) is 5.56 Å². The third-order valence-electron chi connectivity index (χ3n) is 4.67. The molecule has 1 aliphatic rings. The van der Waals surface area contributed by atoms with Gasteiger partial charge >= 0.3 is 0 Å². The lowest BCUT2D eigenvalue weighted by molar-refractivity contribution is 0.121. The summed E-state index contributed by atoms with van der Waals surface area (Å²) in [7, 11) is 0. The van der Waals surface area contributed by atoms with E-state index in [1.807, 2.05) is 42.5 Å². The normalized spacial score (nSPS) is 14.0. The van der Waals surface area contributed by atoms with E-state index in [-0.39, 0.29) is 0 Å². The van der Waals surface area contributed by atoms with Crippen LogP contribution in [0.3, 0.4) is 0 Å². The molecule has 0 amide bonds. The van der Waals surface area contributed by atoms with E-state index in [0.29, 0.717) is 31.1 Å². The van der Waals surface area contributed by atoms with Gasteiger partial charge < -0.3 is 9.64 Å². The van der Waals surface area contributed by atoms with Gasteiger partial charge in [-0.15, -0.1) is 10.2 Å². The van der Waals surface area contributed by atoms with E-state index in [0.717, 1.165) is 29.8 Å². The Morgan fingerprint density at radius 2 is 1.75 bits per heavy atom. The number of nitrogens with zero attached hydrogens (tertiary/aromatic N) is 5. The molecule has 0 spiro atoms. The van der Waals surface area contributed by atoms with E-state index in [4.69, 9.17) is 4.74 Å². The zero-order valence-corrected chi connectivity index (χ0v) is 16.3. The maximum atomic E-state index is 9.33. The van der Waals surface area contributed by atoms with Crippen LogP contribution in [-0.2, 0) is 17.0 Å². The van der Waals surface area contributed by atoms with Gasteiger partial charge in [0.25, 0.3) is 0 Å². The fourth-order valence-electron chi connectivity index (χ4n) is 3.19. The second kappa shape index (κ2) is 8.91. The first kappa shape index (κ1) is 18.5. The third-order valence-corrected chi connectivity index (χ3v) is 5.68. The highest BCUT2D eigenvalue weighted by Crippen LogP contribution is 2.27. The number of hydrogen-bond acceptors (Lipinski definition) is 6. The van der Waals surface area contributed by atoms with Gasteiger partial charge in [0.05, 0.1) is 31.4 Å². The molecule has 7 heteroatoms. The average molecular weight is 392 g/mol. The van der Waals surface area contributed by atoms with Crippen molar-refractivity contribution in [1.82, 2.24) is 14.8 Å². The first-order valence-electron chi connectivity index (χ1n) is 9.26. The predicted molar refractivity (Wildman–Crippen MR) is 109 cm³/mol. The van der Waals surface area contributed by atoms with Crippen LogP contribution >= 0.6 is 11.8 Å². The highest BCUT2D eigenvalue weighted by molar-refractivity contribution is 7.98. The Morgan fingerprint density at radius 3 is 2.54 bits per heavy atom. The molecule has 0 saturated carbocycles. The quantitative estimate of drug-likeness (QED) is 0.601. The molecule has 28 heavy (non-hydrogen) atoms. The number of rotatable bonds is 6. The lowest BCUT2D eigenvalue weighted by Crippen LogP contribution is -2.38. The lowest BCUT2D eigenvalue weighted by Gasteiger charge is -2.28. The maximum absolute atomic E-state index is 9.33. The van der Waals surface area contributed by atoms with E-state index in [1.54, 1.807) is 11.8 Å². The number of hydrogen-bond donors (Lipinski definition) is 0. The molecular weight excluding hydrogens is 370 g/mol. The number of morpholine rings is 1. The highest BCUT2D eigenvalue weighted by Gasteiger charge is 2.21. The summed E-state index contributed by atoms with van der Waals surface area (Å²) in [5.74, 6) is 1.56. The number of anilines is 1. The Kier molecular flexibility index (Phi) is 5.90. The SMILES string of the molecule is N#Cc1ccccc1CSc1nnc(N2CCOCC2)n1Cc1ccccc1. The fraction of sp³-hybridized carbons (Fsp3) is 0.286. The minimum absolute atomic E-state index is 0.680. The molecule has 1 aromatic heterocycles. The van der Waals surface area contributed by atoms with E-state index in [9.17, 15) is 5.26 Å². The zero-order valence-electron chi connectivity index (χ0n) is 15.5. The summed E-state index contributed by atoms with van der Waals surface area (Å²) in [6.07, 6.45) is 0. The van der Waals surface area contributed by atoms with Crippen LogP contribution in [0.5, 0.6) is 0 Å². The number of thioether (sulfide) groups is 1. The molecule has 2 aromatic carbocycles. The van der Waals surface area contributed by atoms with Crippen LogP contribution < -0.4 is 4.90 Å². The summed E-state index contributed by atoms with van der Waals surface area (Å²) in [6, 6.07) is 20.3. The minimum Gasteiger partial charge on any atom is -0.378 e. The lowest BCUT2D eigenvalue weighted by atomic mass is 10.1. The van der Waals surface area contributed by atoms with E-state index in [2.05, 4.69) is 37.9 Å². The molecule has 6 nitrogen and oxygen atoms in total. The Hall–Kier alpha value is -2.82. The largest absolute Gasteiger partial charge is 0.378 e. The second-order valence-electron chi connectivity index (χ2n) is 6.51. The van der Waals surface area contributed by atoms with Gasteiger partial charge in [-0.3, -0.25) is 4.57 Å². The molecule has 1 saturated heterocycles. The Labute approximate surface area is 168 Å². The van der Waals surface area contributed by atoms with Crippen molar-refractivity contribution in [3.63, 3.8) is 0 Å². The molecule has 4 rings (SSSR count). The summed E-state index contributed by atoms with van der Waals surface area (Å²) in [5, 5.41) is 19.1. The number of aromatic nitrogens is 3. The highest BCUT2D eigenvalue weighted by atomic mass is 32.2. The molecule has 1 aliphatic heterocycles. The number of ether oxygens (including phenoxy) is 1. The number of nitriles is 1. The van der Waals surface area contributed by atoms with Crippen LogP contribution in [-0.4, -0.2) is 41.1 Å². The summed E-state index contributed by atoms with van der Waals surface area (Å²) in [4.78, 5) is 2.23. The Morgan fingerprint density at radius 1 is 1.00 bits per heavy atom. The molecule has 0 unspecified atom stereocenters. The standard InChI is InChI=1S/C21H21N5OS/c22-14-18-8-4-5-9-19(18)16-28-21-24-23-20(25-10-12-27-13-11-25)26(21)15-17-6-2-1-3-7-17/h1-9H,10-13,15-16H2. The van der Waals surface area contributed by atoms with E-state index >= 15 is 0 Å². The van der Waals surface area contributed by atoms with Gasteiger partial charge in [-0.1, -0.05) is 60.3 Å². The van der Waals surface area contributed by atoms with Gasteiger partial charge in [0, 0.05) is 18.8 Å². The molecule has 2 heterocycles. The summed E-state index contributed by atoms with van der Waals surface area (Å²) >= 11 is 1.61. The van der Waals surface area contributed by atoms with Crippen molar-refractivity contribution in [3.8, 4) is 6.07 Å². The summed E-state index contributed by atoms with van der Waals surface area (Å²) < 4.78 is 7.65. The third kappa shape index (κ3) is 4.19. The topological polar surface area (TPSA) is 67.0 Å². The van der Waals surface area contributed by atoms with Gasteiger partial charge in [-0.05, 0) is 17.2 Å². The van der Waals surface area contributed by atoms with Gasteiger partial charge in [-0.2, -0.15) is 5.26 Å². The molecule has 0 N–H and O–H groups in total. The molecule has 1 fully saturated rings. The van der Waals surface area contributed by atoms with Crippen molar-refractivity contribution in [3.05, 3.63) is 71.3 Å². The van der Waals surface area contributed by atoms with Crippen molar-refractivity contribution >= 4 is 17.7 Å². The van der Waals surface area contributed by atoms with Crippen LogP contribution in [0, 0.1) is 11.3 Å². The van der Waals surface area contributed by atoms with Gasteiger partial charge in [0.1, 0.15) is 0 Å². The second-order valence-corrected chi connectivity index (χ2v) is 7.45. The van der Waals surface area contributed by atoms with Crippen molar-refractivity contribution in [1.29, 1.82) is 5.26 Å². The van der Waals surface area contributed by atoms with Crippen molar-refractivity contribution in [2.75, 3.05) is 31.2 Å². The summed E-state index contributed by atoms with van der Waals surface area (Å²) in [6.45, 7) is 3.75. The molecule has 0 atom stereocenters. The van der Waals surface area contributed by atoms with E-state index < -0.39 is 0 Å². The van der Waals surface area contributed by atoms with Crippen LogP contribution in [0.1, 0.15) is 16.7 Å². The smallest absolute Gasteiger partial charge is 0.228 e. The van der Waals surface area contributed by atoms with Gasteiger partial charge in [0.15, 0.2) is 5.16 Å². The molecule has 0 radical (unpaired) electrons. The minimum atomic E-state index is 0.680. The van der Waals surface area contributed by atoms with Crippen molar-refractivity contribution in [2.45, 2.75) is 17.5 Å². The first-order valence-corrected chi connectivity index (χ1v) is 10.2. The zero-order chi connectivity index (χ0) is 19.2. The van der Waals surface area contributed by atoms with Crippen LogP contribution in [0.4, 0.5) is 5.95 Å². The van der Waals surface area contributed by atoms with Crippen LogP contribution in [0.25, 0.3) is 0 Å². The molecular formula is C21H21N5OS. The molecule has 0 bridgehead atoms.